The molecule has 0 aliphatic rings. The molecular weight excluding hydrogens is 356 g/mol. The average molecular weight is 371 g/mol. The smallest absolute Gasteiger partial charge is 0.257 e. The Kier molecular flexibility index (Phi) is 5.56. The van der Waals surface area contributed by atoms with E-state index in [1.54, 1.807) is 17.8 Å². The number of nitrogens with one attached hydrogen (secondary N) is 2. The highest BCUT2D eigenvalue weighted by molar-refractivity contribution is 7.98. The summed E-state index contributed by atoms with van der Waals surface area (Å²) in [4.78, 5) is 13.4. The first-order valence-corrected chi connectivity index (χ1v) is 10.0. The van der Waals surface area contributed by atoms with Gasteiger partial charge in [0, 0.05) is 16.3 Å². The van der Waals surface area contributed by atoms with Gasteiger partial charge < -0.3 is 5.32 Å². The van der Waals surface area contributed by atoms with Gasteiger partial charge >= 0.3 is 0 Å². The molecule has 0 unspecified atom stereocenters. The van der Waals surface area contributed by atoms with Crippen LogP contribution in [0.5, 0.6) is 0 Å². The Labute approximate surface area is 144 Å². The first-order valence-electron chi connectivity index (χ1n) is 6.51. The van der Waals surface area contributed by atoms with Crippen LogP contribution in [0.4, 0.5) is 11.4 Å². The Morgan fingerprint density at radius 1 is 1.13 bits per heavy atom. The molecule has 0 aromatic heterocycles. The first-order chi connectivity index (χ1) is 10.8. The number of amides is 1. The predicted octanol–water partition coefficient (Wildman–Crippen LogP) is 3.69. The van der Waals surface area contributed by atoms with Crippen molar-refractivity contribution in [3.8, 4) is 0 Å². The lowest BCUT2D eigenvalue weighted by Crippen LogP contribution is -2.14. The van der Waals surface area contributed by atoms with E-state index in [0.717, 1.165) is 11.2 Å². The van der Waals surface area contributed by atoms with E-state index >= 15 is 0 Å². The molecule has 8 heteroatoms. The fraction of sp³-hybridized carbons (Fsp3) is 0.133. The highest BCUT2D eigenvalue weighted by Crippen LogP contribution is 2.24. The zero-order valence-electron chi connectivity index (χ0n) is 12.5. The monoisotopic (exact) mass is 370 g/mol. The van der Waals surface area contributed by atoms with Crippen molar-refractivity contribution in [2.75, 3.05) is 22.6 Å². The number of carbonyl (C=O) groups excluding carboxylic acids is 1. The van der Waals surface area contributed by atoms with Crippen LogP contribution in [0, 0.1) is 0 Å². The van der Waals surface area contributed by atoms with Crippen LogP contribution in [0.3, 0.4) is 0 Å². The molecule has 5 nitrogen and oxygen atoms in total. The average Bonchev–Trinajstić information content (AvgIpc) is 2.48. The fourth-order valence-electron chi connectivity index (χ4n) is 1.88. The molecule has 0 bridgehead atoms. The van der Waals surface area contributed by atoms with Gasteiger partial charge in [0.1, 0.15) is 0 Å². The summed E-state index contributed by atoms with van der Waals surface area (Å²) in [5, 5.41) is 2.99. The van der Waals surface area contributed by atoms with Crippen molar-refractivity contribution in [3.63, 3.8) is 0 Å². The molecule has 23 heavy (non-hydrogen) atoms. The van der Waals surface area contributed by atoms with Crippen LogP contribution in [-0.2, 0) is 10.0 Å². The number of anilines is 2. The molecule has 0 aliphatic carbocycles. The first kappa shape index (κ1) is 17.7. The normalized spacial score (nSPS) is 11.1. The number of benzene rings is 2. The number of thioether (sulfide) groups is 1. The molecular formula is C15H15ClN2O3S2. The van der Waals surface area contributed by atoms with E-state index in [1.165, 1.54) is 18.2 Å². The van der Waals surface area contributed by atoms with Crippen molar-refractivity contribution >= 4 is 50.7 Å². The zero-order chi connectivity index (χ0) is 17.0. The van der Waals surface area contributed by atoms with Gasteiger partial charge in [-0.3, -0.25) is 9.52 Å². The fourth-order valence-corrected chi connectivity index (χ4v) is 3.09. The molecule has 0 spiro atoms. The van der Waals surface area contributed by atoms with Gasteiger partial charge in [-0.15, -0.1) is 11.8 Å². The second-order valence-electron chi connectivity index (χ2n) is 4.75. The quantitative estimate of drug-likeness (QED) is 0.787. The molecule has 2 aromatic rings. The molecule has 0 heterocycles. The molecule has 0 saturated carbocycles. The van der Waals surface area contributed by atoms with Gasteiger partial charge in [-0.05, 0) is 42.7 Å². The second-order valence-corrected chi connectivity index (χ2v) is 7.79. The van der Waals surface area contributed by atoms with Gasteiger partial charge in [0.2, 0.25) is 10.0 Å². The van der Waals surface area contributed by atoms with Crippen LogP contribution in [0.25, 0.3) is 0 Å². The topological polar surface area (TPSA) is 75.3 Å². The van der Waals surface area contributed by atoms with Gasteiger partial charge in [-0.2, -0.15) is 0 Å². The minimum Gasteiger partial charge on any atom is -0.322 e. The largest absolute Gasteiger partial charge is 0.322 e. The van der Waals surface area contributed by atoms with Gasteiger partial charge in [-0.25, -0.2) is 8.42 Å². The van der Waals surface area contributed by atoms with E-state index in [2.05, 4.69) is 10.0 Å². The van der Waals surface area contributed by atoms with Gasteiger partial charge in [0.25, 0.3) is 5.91 Å². The van der Waals surface area contributed by atoms with E-state index < -0.39 is 15.9 Å². The number of sulfonamides is 1. The molecule has 2 N–H and O–H groups in total. The maximum absolute atomic E-state index is 12.4. The Bertz CT molecular complexity index is 838. The van der Waals surface area contributed by atoms with Crippen LogP contribution >= 0.6 is 23.4 Å². The van der Waals surface area contributed by atoms with E-state index in [-0.39, 0.29) is 16.3 Å². The van der Waals surface area contributed by atoms with E-state index in [0.29, 0.717) is 5.69 Å². The zero-order valence-corrected chi connectivity index (χ0v) is 14.8. The second kappa shape index (κ2) is 7.25. The van der Waals surface area contributed by atoms with Crippen molar-refractivity contribution < 1.29 is 13.2 Å². The van der Waals surface area contributed by atoms with Crippen molar-refractivity contribution in [3.05, 3.63) is 53.1 Å². The third kappa shape index (κ3) is 5.16. The Morgan fingerprint density at radius 3 is 2.52 bits per heavy atom. The standard InChI is InChI=1S/C15H15ClN2O3S2/c1-22-12-5-3-4-10(8-12)17-15(19)13-9-11(6-7-14(13)16)18-23(2,20)21/h3-9,18H,1-2H3,(H,17,19). The molecule has 122 valence electrons. The maximum Gasteiger partial charge on any atom is 0.257 e. The number of hydrogen-bond acceptors (Lipinski definition) is 4. The van der Waals surface area contributed by atoms with Crippen LogP contribution in [-0.4, -0.2) is 26.8 Å². The van der Waals surface area contributed by atoms with Crippen molar-refractivity contribution in [2.45, 2.75) is 4.90 Å². The van der Waals surface area contributed by atoms with Crippen LogP contribution < -0.4 is 10.0 Å². The summed E-state index contributed by atoms with van der Waals surface area (Å²) in [6, 6.07) is 11.8. The van der Waals surface area contributed by atoms with Crippen molar-refractivity contribution in [1.82, 2.24) is 0 Å². The van der Waals surface area contributed by atoms with Crippen LogP contribution in [0.15, 0.2) is 47.4 Å². The number of rotatable bonds is 5. The predicted molar refractivity (Wildman–Crippen MR) is 96.1 cm³/mol. The molecule has 0 saturated heterocycles. The SMILES string of the molecule is CSc1cccc(NC(=O)c2cc(NS(C)(=O)=O)ccc2Cl)c1. The lowest BCUT2D eigenvalue weighted by Gasteiger charge is -2.10. The van der Waals surface area contributed by atoms with Crippen molar-refractivity contribution in [2.24, 2.45) is 0 Å². The Hall–Kier alpha value is -1.70. The highest BCUT2D eigenvalue weighted by Gasteiger charge is 2.13. The molecule has 0 radical (unpaired) electrons. The molecule has 2 rings (SSSR count). The summed E-state index contributed by atoms with van der Waals surface area (Å²) in [7, 11) is -3.43. The number of hydrogen-bond donors (Lipinski definition) is 2. The van der Waals surface area contributed by atoms with E-state index in [4.69, 9.17) is 11.6 Å². The molecule has 0 atom stereocenters. The molecule has 2 aromatic carbocycles. The summed E-state index contributed by atoms with van der Waals surface area (Å²) < 4.78 is 24.9. The highest BCUT2D eigenvalue weighted by atomic mass is 35.5. The maximum atomic E-state index is 12.4. The molecule has 0 fully saturated rings. The van der Waals surface area contributed by atoms with E-state index in [1.807, 2.05) is 24.5 Å². The minimum atomic E-state index is -3.43. The van der Waals surface area contributed by atoms with E-state index in [9.17, 15) is 13.2 Å². The summed E-state index contributed by atoms with van der Waals surface area (Å²) in [5.41, 5.74) is 1.11. The lowest BCUT2D eigenvalue weighted by atomic mass is 10.2. The van der Waals surface area contributed by atoms with Gasteiger partial charge in [-0.1, -0.05) is 17.7 Å². The van der Waals surface area contributed by atoms with Gasteiger partial charge in [0.15, 0.2) is 0 Å². The molecule has 0 aliphatic heterocycles. The lowest BCUT2D eigenvalue weighted by molar-refractivity contribution is 0.102. The Morgan fingerprint density at radius 2 is 1.87 bits per heavy atom. The number of carbonyl (C=O) groups is 1. The summed E-state index contributed by atoms with van der Waals surface area (Å²) in [6.45, 7) is 0. The third-order valence-electron chi connectivity index (χ3n) is 2.84. The number of halogens is 1. The van der Waals surface area contributed by atoms with Crippen molar-refractivity contribution in [1.29, 1.82) is 0 Å². The minimum absolute atomic E-state index is 0.190. The van der Waals surface area contributed by atoms with Gasteiger partial charge in [0.05, 0.1) is 16.8 Å². The summed E-state index contributed by atoms with van der Waals surface area (Å²) in [5.74, 6) is -0.412. The van der Waals surface area contributed by atoms with Crippen LogP contribution in [0.1, 0.15) is 10.4 Å². The van der Waals surface area contributed by atoms with Crippen LogP contribution in [0.2, 0.25) is 5.02 Å². The third-order valence-corrected chi connectivity index (χ3v) is 4.50. The Balaban J connectivity index is 2.26. The summed E-state index contributed by atoms with van der Waals surface area (Å²) in [6.07, 6.45) is 2.98. The molecule has 1 amide bonds. The summed E-state index contributed by atoms with van der Waals surface area (Å²) >= 11 is 7.61.